The summed E-state index contributed by atoms with van der Waals surface area (Å²) in [5.41, 5.74) is 12.6. The lowest BCUT2D eigenvalue weighted by Crippen LogP contribution is -1.95. The number of nitrogens with zero attached hydrogens (tertiary/aromatic N) is 1. The van der Waals surface area contributed by atoms with Crippen LogP contribution in [0.15, 0.2) is 192 Å². The number of para-hydroxylation sites is 4. The number of hydrogen-bond donors (Lipinski definition) is 0. The molecular weight excluding hydrogens is 631 g/mol. The highest BCUT2D eigenvalue weighted by atomic mass is 16.3. The molecule has 2 aromatic heterocycles. The Kier molecular flexibility index (Phi) is 6.28. The Morgan fingerprint density at radius 2 is 0.808 bits per heavy atom. The molecule has 11 aromatic rings. The van der Waals surface area contributed by atoms with E-state index in [9.17, 15) is 0 Å². The van der Waals surface area contributed by atoms with Crippen molar-refractivity contribution in [2.45, 2.75) is 0 Å². The van der Waals surface area contributed by atoms with Gasteiger partial charge in [0.25, 0.3) is 0 Å². The number of benzene rings is 9. The predicted octanol–water partition coefficient (Wildman–Crippen LogP) is 14.0. The fraction of sp³-hybridized carbons (Fsp3) is 0. The Hall–Kier alpha value is -6.90. The molecule has 0 aliphatic heterocycles. The van der Waals surface area contributed by atoms with Crippen molar-refractivity contribution in [1.82, 2.24) is 4.57 Å². The molecule has 0 N–H and O–H groups in total. The third-order valence-corrected chi connectivity index (χ3v) is 10.8. The van der Waals surface area contributed by atoms with Gasteiger partial charge >= 0.3 is 0 Å². The number of hydrogen-bond acceptors (Lipinski definition) is 1. The second-order valence-electron chi connectivity index (χ2n) is 13.6. The highest BCUT2D eigenvalue weighted by Crippen LogP contribution is 2.45. The summed E-state index contributed by atoms with van der Waals surface area (Å²) in [6, 6.07) is 68.0. The molecule has 0 aliphatic rings. The van der Waals surface area contributed by atoms with Crippen LogP contribution >= 0.6 is 0 Å². The Balaban J connectivity index is 1.10. The van der Waals surface area contributed by atoms with Crippen molar-refractivity contribution in [2.75, 3.05) is 0 Å². The largest absolute Gasteiger partial charge is 0.455 e. The second kappa shape index (κ2) is 11.3. The number of fused-ring (bicyclic) bond motifs is 8. The van der Waals surface area contributed by atoms with Crippen molar-refractivity contribution in [3.63, 3.8) is 0 Å². The van der Waals surface area contributed by atoms with Crippen molar-refractivity contribution in [2.24, 2.45) is 0 Å². The molecule has 52 heavy (non-hydrogen) atoms. The fourth-order valence-electron chi connectivity index (χ4n) is 8.54. The summed E-state index contributed by atoms with van der Waals surface area (Å²) >= 11 is 0. The normalized spacial score (nSPS) is 11.8. The highest BCUT2D eigenvalue weighted by molar-refractivity contribution is 6.21. The number of furan rings is 1. The van der Waals surface area contributed by atoms with Crippen LogP contribution in [0.2, 0.25) is 0 Å². The van der Waals surface area contributed by atoms with Gasteiger partial charge in [-0.25, -0.2) is 0 Å². The highest BCUT2D eigenvalue weighted by Gasteiger charge is 2.19. The van der Waals surface area contributed by atoms with Crippen LogP contribution in [0.3, 0.4) is 0 Å². The maximum atomic E-state index is 6.40. The van der Waals surface area contributed by atoms with Gasteiger partial charge in [-0.3, -0.25) is 0 Å². The Labute approximate surface area is 300 Å². The first-order chi connectivity index (χ1) is 25.8. The molecule has 242 valence electrons. The van der Waals surface area contributed by atoms with Crippen molar-refractivity contribution >= 4 is 65.3 Å². The molecule has 2 heteroatoms. The molecule has 0 saturated heterocycles. The molecule has 0 aliphatic carbocycles. The van der Waals surface area contributed by atoms with Gasteiger partial charge in [0.15, 0.2) is 0 Å². The van der Waals surface area contributed by atoms with Crippen LogP contribution in [-0.2, 0) is 0 Å². The maximum absolute atomic E-state index is 6.40. The van der Waals surface area contributed by atoms with Crippen molar-refractivity contribution in [1.29, 1.82) is 0 Å². The van der Waals surface area contributed by atoms with E-state index in [1.54, 1.807) is 0 Å². The van der Waals surface area contributed by atoms with E-state index in [0.29, 0.717) is 0 Å². The molecule has 0 bridgehead atoms. The predicted molar refractivity (Wildman–Crippen MR) is 219 cm³/mol. The zero-order chi connectivity index (χ0) is 34.2. The molecule has 0 radical (unpaired) electrons. The standard InChI is InChI=1S/C50H31NO/c1-3-20-42-40(18-1)48(33-29-27-32(28-30-33)36-22-12-23-44-39-17-7-10-26-47(39)52-50(36)44)41-19-2-4-21-43(41)49(42)34-13-11-14-35(31-34)51-45-24-8-5-15-37(45)38-16-6-9-25-46(38)51/h1-31H. The van der Waals surface area contributed by atoms with E-state index in [-0.39, 0.29) is 0 Å². The van der Waals surface area contributed by atoms with Gasteiger partial charge in [-0.15, -0.1) is 0 Å². The minimum atomic E-state index is 0.917. The van der Waals surface area contributed by atoms with E-state index in [0.717, 1.165) is 38.8 Å². The SMILES string of the molecule is c1cc(-c2c3ccccc3c(-c3ccc(-c4cccc5c4oc4ccccc45)cc3)c3ccccc23)cc(-n2c3ccccc3c3ccccc32)c1. The van der Waals surface area contributed by atoms with Crippen LogP contribution in [0, 0.1) is 0 Å². The molecule has 0 saturated carbocycles. The van der Waals surface area contributed by atoms with Crippen LogP contribution in [-0.4, -0.2) is 4.57 Å². The topological polar surface area (TPSA) is 18.1 Å². The van der Waals surface area contributed by atoms with Gasteiger partial charge in [0.05, 0.1) is 11.0 Å². The van der Waals surface area contributed by atoms with Gasteiger partial charge < -0.3 is 8.98 Å². The summed E-state index contributed by atoms with van der Waals surface area (Å²) in [7, 11) is 0. The summed E-state index contributed by atoms with van der Waals surface area (Å²) in [6.45, 7) is 0. The van der Waals surface area contributed by atoms with E-state index in [4.69, 9.17) is 4.42 Å². The van der Waals surface area contributed by atoms with Crippen molar-refractivity contribution < 1.29 is 4.42 Å². The molecule has 0 atom stereocenters. The van der Waals surface area contributed by atoms with Crippen LogP contribution in [0.5, 0.6) is 0 Å². The lowest BCUT2D eigenvalue weighted by atomic mass is 9.85. The molecule has 0 unspecified atom stereocenters. The Morgan fingerprint density at radius 3 is 1.44 bits per heavy atom. The Morgan fingerprint density at radius 1 is 0.327 bits per heavy atom. The zero-order valence-electron chi connectivity index (χ0n) is 28.3. The first-order valence-electron chi connectivity index (χ1n) is 17.9. The average molecular weight is 662 g/mol. The minimum Gasteiger partial charge on any atom is -0.455 e. The molecule has 0 spiro atoms. The second-order valence-corrected chi connectivity index (χ2v) is 13.6. The molecule has 11 rings (SSSR count). The number of rotatable bonds is 4. The van der Waals surface area contributed by atoms with E-state index in [1.807, 2.05) is 12.1 Å². The summed E-state index contributed by atoms with van der Waals surface area (Å²) in [5.74, 6) is 0. The lowest BCUT2D eigenvalue weighted by Gasteiger charge is -2.18. The zero-order valence-corrected chi connectivity index (χ0v) is 28.3. The van der Waals surface area contributed by atoms with Gasteiger partial charge in [0.1, 0.15) is 11.2 Å². The van der Waals surface area contributed by atoms with Crippen molar-refractivity contribution in [3.8, 4) is 39.1 Å². The van der Waals surface area contributed by atoms with E-state index in [1.165, 1.54) is 65.6 Å². The summed E-state index contributed by atoms with van der Waals surface area (Å²) in [5, 5.41) is 9.80. The maximum Gasteiger partial charge on any atom is 0.143 e. The fourth-order valence-corrected chi connectivity index (χ4v) is 8.54. The van der Waals surface area contributed by atoms with E-state index in [2.05, 4.69) is 180 Å². The minimum absolute atomic E-state index is 0.917. The van der Waals surface area contributed by atoms with Gasteiger partial charge in [-0.1, -0.05) is 158 Å². The molecule has 0 fully saturated rings. The quantitative estimate of drug-likeness (QED) is 0.172. The van der Waals surface area contributed by atoms with E-state index >= 15 is 0 Å². The van der Waals surface area contributed by atoms with Gasteiger partial charge in [0, 0.05) is 32.8 Å². The molecule has 9 aromatic carbocycles. The summed E-state index contributed by atoms with van der Waals surface area (Å²) < 4.78 is 8.80. The monoisotopic (exact) mass is 661 g/mol. The van der Waals surface area contributed by atoms with Gasteiger partial charge in [-0.05, 0) is 79.7 Å². The van der Waals surface area contributed by atoms with E-state index < -0.39 is 0 Å². The smallest absolute Gasteiger partial charge is 0.143 e. The lowest BCUT2D eigenvalue weighted by molar-refractivity contribution is 0.670. The van der Waals surface area contributed by atoms with Crippen LogP contribution in [0.4, 0.5) is 0 Å². The average Bonchev–Trinajstić information content (AvgIpc) is 3.76. The first-order valence-corrected chi connectivity index (χ1v) is 17.9. The van der Waals surface area contributed by atoms with Gasteiger partial charge in [-0.2, -0.15) is 0 Å². The van der Waals surface area contributed by atoms with Crippen LogP contribution in [0.25, 0.3) is 104 Å². The molecule has 2 nitrogen and oxygen atoms in total. The summed E-state index contributed by atoms with van der Waals surface area (Å²) in [4.78, 5) is 0. The molecule has 0 amide bonds. The molecular formula is C50H31NO. The summed E-state index contributed by atoms with van der Waals surface area (Å²) in [6.07, 6.45) is 0. The number of aromatic nitrogens is 1. The Bertz CT molecular complexity index is 3070. The third kappa shape index (κ3) is 4.25. The van der Waals surface area contributed by atoms with Crippen LogP contribution in [0.1, 0.15) is 0 Å². The third-order valence-electron chi connectivity index (χ3n) is 10.8. The molecule has 2 heterocycles. The van der Waals surface area contributed by atoms with Gasteiger partial charge in [0.2, 0.25) is 0 Å². The van der Waals surface area contributed by atoms with Crippen molar-refractivity contribution in [3.05, 3.63) is 188 Å². The van der Waals surface area contributed by atoms with Crippen LogP contribution < -0.4 is 0 Å². The first kappa shape index (κ1) is 28.9.